The van der Waals surface area contributed by atoms with Crippen LogP contribution in [-0.4, -0.2) is 19.7 Å². The number of nitrogens with zero attached hydrogens (tertiary/aromatic N) is 4. The van der Waals surface area contributed by atoms with Gasteiger partial charge in [-0.2, -0.15) is 0 Å². The molecule has 0 aliphatic heterocycles. The molecule has 32 heavy (non-hydrogen) atoms. The topological polar surface area (TPSA) is 73.8 Å². The van der Waals surface area contributed by atoms with Crippen molar-refractivity contribution in [2.75, 3.05) is 0 Å². The van der Waals surface area contributed by atoms with Crippen molar-refractivity contribution in [1.29, 1.82) is 0 Å². The Kier molecular flexibility index (Phi) is 5.86. The zero-order chi connectivity index (χ0) is 22.2. The lowest BCUT2D eigenvalue weighted by Gasteiger charge is -2.17. The molecule has 1 aliphatic carbocycles. The number of thioether (sulfide) groups is 1. The fourth-order valence-electron chi connectivity index (χ4n) is 4.13. The summed E-state index contributed by atoms with van der Waals surface area (Å²) < 4.78 is 20.5. The van der Waals surface area contributed by atoms with E-state index in [1.165, 1.54) is 34.3 Å². The van der Waals surface area contributed by atoms with Gasteiger partial charge in [0.25, 0.3) is 5.56 Å². The van der Waals surface area contributed by atoms with Crippen molar-refractivity contribution in [2.24, 2.45) is 5.92 Å². The Hall–Kier alpha value is -2.52. The van der Waals surface area contributed by atoms with E-state index >= 15 is 0 Å². The molecule has 1 unspecified atom stereocenters. The van der Waals surface area contributed by atoms with Crippen molar-refractivity contribution in [3.63, 3.8) is 0 Å². The minimum Gasteiger partial charge on any atom is -0.425 e. The number of benzene rings is 1. The Labute approximate surface area is 192 Å². The number of aryl methyl sites for hydroxylation is 3. The van der Waals surface area contributed by atoms with E-state index in [2.05, 4.69) is 17.1 Å². The van der Waals surface area contributed by atoms with Crippen molar-refractivity contribution in [2.45, 2.75) is 57.0 Å². The molecule has 9 heteroatoms. The lowest BCUT2D eigenvalue weighted by molar-refractivity contribution is 0.485. The third-order valence-corrected chi connectivity index (χ3v) is 7.92. The SMILES string of the molecule is Cc1nnc(CSc2nc3sc4c(c3c(=O)n2CCc2ccc(F)cc2)CCC(C)C4)o1. The summed E-state index contributed by atoms with van der Waals surface area (Å²) in [5.41, 5.74) is 2.16. The molecule has 0 bridgehead atoms. The maximum Gasteiger partial charge on any atom is 0.263 e. The van der Waals surface area contributed by atoms with Gasteiger partial charge in [-0.1, -0.05) is 30.8 Å². The maximum atomic E-state index is 13.7. The fraction of sp³-hybridized carbons (Fsp3) is 0.391. The van der Waals surface area contributed by atoms with Gasteiger partial charge in [0, 0.05) is 18.3 Å². The molecule has 0 N–H and O–H groups in total. The van der Waals surface area contributed by atoms with Crippen molar-refractivity contribution < 1.29 is 8.81 Å². The number of halogens is 1. The largest absolute Gasteiger partial charge is 0.425 e. The lowest BCUT2D eigenvalue weighted by Crippen LogP contribution is -2.25. The molecule has 0 fully saturated rings. The molecule has 1 aliphatic rings. The minimum atomic E-state index is -0.265. The summed E-state index contributed by atoms with van der Waals surface area (Å²) in [6, 6.07) is 6.41. The maximum absolute atomic E-state index is 13.7. The molecule has 0 saturated carbocycles. The van der Waals surface area contributed by atoms with Crippen LogP contribution in [0.5, 0.6) is 0 Å². The molecule has 0 radical (unpaired) electrons. The molecule has 0 saturated heterocycles. The van der Waals surface area contributed by atoms with Crippen LogP contribution < -0.4 is 5.56 Å². The van der Waals surface area contributed by atoms with Gasteiger partial charge in [-0.15, -0.1) is 21.5 Å². The predicted octanol–water partition coefficient (Wildman–Crippen LogP) is 4.95. The molecular weight excluding hydrogens is 447 g/mol. The van der Waals surface area contributed by atoms with Crippen LogP contribution in [0.4, 0.5) is 4.39 Å². The third kappa shape index (κ3) is 4.23. The van der Waals surface area contributed by atoms with Gasteiger partial charge in [0.2, 0.25) is 11.8 Å². The van der Waals surface area contributed by atoms with Crippen molar-refractivity contribution in [3.8, 4) is 0 Å². The molecule has 1 aromatic carbocycles. The molecule has 1 atom stereocenters. The highest BCUT2D eigenvalue weighted by atomic mass is 32.2. The normalized spacial score (nSPS) is 15.9. The molecule has 3 heterocycles. The minimum absolute atomic E-state index is 0.00775. The van der Waals surface area contributed by atoms with Gasteiger partial charge in [-0.25, -0.2) is 9.37 Å². The third-order valence-electron chi connectivity index (χ3n) is 5.81. The van der Waals surface area contributed by atoms with Crippen molar-refractivity contribution in [1.82, 2.24) is 19.7 Å². The van der Waals surface area contributed by atoms with E-state index < -0.39 is 0 Å². The highest BCUT2D eigenvalue weighted by Gasteiger charge is 2.25. The predicted molar refractivity (Wildman–Crippen MR) is 124 cm³/mol. The van der Waals surface area contributed by atoms with Gasteiger partial charge < -0.3 is 4.42 Å². The molecule has 5 rings (SSSR count). The summed E-state index contributed by atoms with van der Waals surface area (Å²) in [7, 11) is 0. The smallest absolute Gasteiger partial charge is 0.263 e. The average molecular weight is 471 g/mol. The molecule has 166 valence electrons. The van der Waals surface area contributed by atoms with Crippen LogP contribution in [0, 0.1) is 18.7 Å². The Balaban J connectivity index is 1.53. The van der Waals surface area contributed by atoms with Crippen LogP contribution in [0.2, 0.25) is 0 Å². The van der Waals surface area contributed by atoms with Gasteiger partial charge in [0.15, 0.2) is 5.16 Å². The second-order valence-corrected chi connectivity index (χ2v) is 10.3. The van der Waals surface area contributed by atoms with Crippen LogP contribution in [-0.2, 0) is 31.6 Å². The lowest BCUT2D eigenvalue weighted by atomic mass is 9.89. The average Bonchev–Trinajstić information content (AvgIpc) is 3.35. The van der Waals surface area contributed by atoms with E-state index in [1.807, 2.05) is 0 Å². The number of hydrogen-bond acceptors (Lipinski definition) is 7. The summed E-state index contributed by atoms with van der Waals surface area (Å²) in [6.07, 6.45) is 3.65. The van der Waals surface area contributed by atoms with Crippen LogP contribution in [0.3, 0.4) is 0 Å². The number of rotatable bonds is 6. The summed E-state index contributed by atoms with van der Waals surface area (Å²) in [5.74, 6) is 1.83. The summed E-state index contributed by atoms with van der Waals surface area (Å²) >= 11 is 3.08. The number of fused-ring (bicyclic) bond motifs is 3. The van der Waals surface area contributed by atoms with Crippen molar-refractivity contribution in [3.05, 3.63) is 68.2 Å². The Morgan fingerprint density at radius 2 is 2.09 bits per heavy atom. The monoisotopic (exact) mass is 470 g/mol. The first-order valence-corrected chi connectivity index (χ1v) is 12.5. The van der Waals surface area contributed by atoms with Crippen LogP contribution in [0.1, 0.15) is 41.1 Å². The molecule has 0 spiro atoms. The Morgan fingerprint density at radius 3 is 2.84 bits per heavy atom. The van der Waals surface area contributed by atoms with E-state index in [4.69, 9.17) is 9.40 Å². The first-order chi connectivity index (χ1) is 15.5. The standard InChI is InChI=1S/C23H23FN4O2S2/c1-13-3-8-17-18(11-13)32-21-20(17)22(29)28(10-9-15-4-6-16(24)7-5-15)23(25-21)31-12-19-27-26-14(2)30-19/h4-7,13H,3,8-12H2,1-2H3. The first kappa shape index (κ1) is 21.3. The van der Waals surface area contributed by atoms with E-state index in [0.29, 0.717) is 41.6 Å². The summed E-state index contributed by atoms with van der Waals surface area (Å²) in [4.78, 5) is 20.7. The summed E-state index contributed by atoms with van der Waals surface area (Å²) in [5, 5.41) is 9.35. The molecular formula is C23H23FN4O2S2. The number of thiophene rings is 1. The zero-order valence-electron chi connectivity index (χ0n) is 17.9. The van der Waals surface area contributed by atoms with Crippen LogP contribution in [0.15, 0.2) is 38.6 Å². The van der Waals surface area contributed by atoms with E-state index in [9.17, 15) is 9.18 Å². The van der Waals surface area contributed by atoms with E-state index in [1.54, 1.807) is 35.0 Å². The molecule has 3 aromatic heterocycles. The molecule has 0 amide bonds. The first-order valence-electron chi connectivity index (χ1n) is 10.7. The van der Waals surface area contributed by atoms with E-state index in [-0.39, 0.29) is 11.4 Å². The second-order valence-electron chi connectivity index (χ2n) is 8.26. The molecule has 4 aromatic rings. The number of aromatic nitrogens is 4. The number of hydrogen-bond donors (Lipinski definition) is 0. The second kappa shape index (κ2) is 8.78. The van der Waals surface area contributed by atoms with Gasteiger partial charge in [-0.05, 0) is 54.9 Å². The Morgan fingerprint density at radius 1 is 1.28 bits per heavy atom. The highest BCUT2D eigenvalue weighted by Crippen LogP contribution is 2.36. The van der Waals surface area contributed by atoms with Gasteiger partial charge in [0.05, 0.1) is 11.1 Å². The molecule has 6 nitrogen and oxygen atoms in total. The highest BCUT2D eigenvalue weighted by molar-refractivity contribution is 7.98. The fourth-order valence-corrected chi connectivity index (χ4v) is 6.41. The summed E-state index contributed by atoms with van der Waals surface area (Å²) in [6.45, 7) is 4.48. The Bertz CT molecular complexity index is 1330. The zero-order valence-corrected chi connectivity index (χ0v) is 19.6. The quantitative estimate of drug-likeness (QED) is 0.293. The van der Waals surface area contributed by atoms with Crippen LogP contribution in [0.25, 0.3) is 10.2 Å². The van der Waals surface area contributed by atoms with Crippen molar-refractivity contribution >= 4 is 33.3 Å². The van der Waals surface area contributed by atoms with Crippen LogP contribution >= 0.6 is 23.1 Å². The van der Waals surface area contributed by atoms with Gasteiger partial charge in [-0.3, -0.25) is 9.36 Å². The van der Waals surface area contributed by atoms with Gasteiger partial charge >= 0.3 is 0 Å². The van der Waals surface area contributed by atoms with Gasteiger partial charge in [0.1, 0.15) is 10.6 Å². The van der Waals surface area contributed by atoms with E-state index in [0.717, 1.165) is 35.0 Å².